The first-order valence-corrected chi connectivity index (χ1v) is 5.78. The Labute approximate surface area is 102 Å². The average Bonchev–Trinajstić information content (AvgIpc) is 2.29. The molecule has 0 aliphatic heterocycles. The Kier molecular flexibility index (Phi) is 5.39. The molecule has 5 heteroatoms. The average molecular weight is 237 g/mol. The van der Waals surface area contributed by atoms with Crippen molar-refractivity contribution >= 4 is 11.9 Å². The van der Waals surface area contributed by atoms with E-state index in [1.807, 2.05) is 13.0 Å². The van der Waals surface area contributed by atoms with Gasteiger partial charge in [-0.15, -0.1) is 0 Å². The van der Waals surface area contributed by atoms with Crippen molar-refractivity contribution < 1.29 is 9.53 Å². The molecule has 17 heavy (non-hydrogen) atoms. The number of nitrogens with zero attached hydrogens (tertiary/aromatic N) is 2. The fourth-order valence-corrected chi connectivity index (χ4v) is 1.56. The number of esters is 1. The van der Waals surface area contributed by atoms with E-state index in [1.165, 1.54) is 7.11 Å². The quantitative estimate of drug-likeness (QED) is 0.766. The van der Waals surface area contributed by atoms with Crippen LogP contribution < -0.4 is 5.32 Å². The molecule has 5 nitrogen and oxygen atoms in total. The minimum Gasteiger partial charge on any atom is -0.469 e. The van der Waals surface area contributed by atoms with Gasteiger partial charge in [0.2, 0.25) is 5.95 Å². The Morgan fingerprint density at radius 2 is 2.35 bits per heavy atom. The van der Waals surface area contributed by atoms with Crippen molar-refractivity contribution in [1.29, 1.82) is 0 Å². The number of hydrogen-bond donors (Lipinski definition) is 1. The summed E-state index contributed by atoms with van der Waals surface area (Å²) in [4.78, 5) is 19.6. The van der Waals surface area contributed by atoms with Crippen LogP contribution in [0.1, 0.15) is 31.9 Å². The van der Waals surface area contributed by atoms with Crippen LogP contribution in [0, 0.1) is 6.92 Å². The van der Waals surface area contributed by atoms with Gasteiger partial charge in [0.15, 0.2) is 0 Å². The maximum absolute atomic E-state index is 11.3. The maximum atomic E-state index is 11.3. The summed E-state index contributed by atoms with van der Waals surface area (Å²) in [6.07, 6.45) is 3.90. The van der Waals surface area contributed by atoms with E-state index in [0.717, 1.165) is 18.5 Å². The Hall–Kier alpha value is -1.65. The summed E-state index contributed by atoms with van der Waals surface area (Å²) in [5.74, 6) is 0.343. The molecule has 0 aliphatic carbocycles. The van der Waals surface area contributed by atoms with Crippen molar-refractivity contribution in [2.24, 2.45) is 0 Å². The maximum Gasteiger partial charge on any atom is 0.307 e. The Bertz CT molecular complexity index is 369. The van der Waals surface area contributed by atoms with Crippen LogP contribution in [0.5, 0.6) is 0 Å². The second-order valence-corrected chi connectivity index (χ2v) is 3.93. The molecule has 0 aliphatic rings. The van der Waals surface area contributed by atoms with Gasteiger partial charge in [-0.3, -0.25) is 4.79 Å². The fourth-order valence-electron chi connectivity index (χ4n) is 1.56. The Balaban J connectivity index is 2.62. The lowest BCUT2D eigenvalue weighted by Crippen LogP contribution is -2.25. The standard InChI is InChI=1S/C12H19N3O2/c1-4-5-10(8-11(16)17-3)15-12-13-7-6-9(2)14-12/h6-7,10H,4-5,8H2,1-3H3,(H,13,14,15). The van der Waals surface area contributed by atoms with Crippen molar-refractivity contribution in [3.05, 3.63) is 18.0 Å². The van der Waals surface area contributed by atoms with Crippen molar-refractivity contribution in [3.8, 4) is 0 Å². The van der Waals surface area contributed by atoms with E-state index in [-0.39, 0.29) is 12.0 Å². The van der Waals surface area contributed by atoms with E-state index < -0.39 is 0 Å². The highest BCUT2D eigenvalue weighted by Crippen LogP contribution is 2.09. The third kappa shape index (κ3) is 4.80. The second kappa shape index (κ2) is 6.83. The van der Waals surface area contributed by atoms with E-state index in [9.17, 15) is 4.79 Å². The molecule has 0 fully saturated rings. The monoisotopic (exact) mass is 237 g/mol. The van der Waals surface area contributed by atoms with Crippen molar-refractivity contribution in [2.75, 3.05) is 12.4 Å². The highest BCUT2D eigenvalue weighted by atomic mass is 16.5. The molecular formula is C12H19N3O2. The molecule has 0 saturated heterocycles. The lowest BCUT2D eigenvalue weighted by molar-refractivity contribution is -0.140. The number of anilines is 1. The largest absolute Gasteiger partial charge is 0.469 e. The van der Waals surface area contributed by atoms with E-state index in [1.54, 1.807) is 6.20 Å². The predicted octanol–water partition coefficient (Wildman–Crippen LogP) is 1.93. The molecular weight excluding hydrogens is 218 g/mol. The van der Waals surface area contributed by atoms with Crippen LogP contribution in [-0.2, 0) is 9.53 Å². The highest BCUT2D eigenvalue weighted by Gasteiger charge is 2.14. The lowest BCUT2D eigenvalue weighted by atomic mass is 10.1. The number of methoxy groups -OCH3 is 1. The molecule has 0 spiro atoms. The number of aromatic nitrogens is 2. The summed E-state index contributed by atoms with van der Waals surface area (Å²) in [7, 11) is 1.40. The molecule has 1 heterocycles. The van der Waals surface area contributed by atoms with E-state index in [0.29, 0.717) is 12.4 Å². The van der Waals surface area contributed by atoms with E-state index in [2.05, 4.69) is 26.9 Å². The smallest absolute Gasteiger partial charge is 0.307 e. The summed E-state index contributed by atoms with van der Waals surface area (Å²) in [5.41, 5.74) is 0.899. The fraction of sp³-hybridized carbons (Fsp3) is 0.583. The third-order valence-electron chi connectivity index (χ3n) is 2.41. The van der Waals surface area contributed by atoms with E-state index in [4.69, 9.17) is 0 Å². The van der Waals surface area contributed by atoms with Gasteiger partial charge >= 0.3 is 5.97 Å². The molecule has 1 N–H and O–H groups in total. The number of carbonyl (C=O) groups is 1. The normalized spacial score (nSPS) is 11.9. The third-order valence-corrected chi connectivity index (χ3v) is 2.41. The summed E-state index contributed by atoms with van der Waals surface area (Å²) in [5, 5.41) is 3.16. The molecule has 94 valence electrons. The number of hydrogen-bond acceptors (Lipinski definition) is 5. The summed E-state index contributed by atoms with van der Waals surface area (Å²) >= 11 is 0. The van der Waals surface area contributed by atoms with Gasteiger partial charge in [0.05, 0.1) is 13.5 Å². The van der Waals surface area contributed by atoms with E-state index >= 15 is 0 Å². The number of nitrogens with one attached hydrogen (secondary N) is 1. The van der Waals surface area contributed by atoms with Crippen molar-refractivity contribution in [1.82, 2.24) is 9.97 Å². The van der Waals surface area contributed by atoms with Crippen LogP contribution in [0.25, 0.3) is 0 Å². The minimum absolute atomic E-state index is 0.0225. The van der Waals surface area contributed by atoms with Crippen LogP contribution in [0.4, 0.5) is 5.95 Å². The van der Waals surface area contributed by atoms with Crippen molar-refractivity contribution in [2.45, 2.75) is 39.2 Å². The van der Waals surface area contributed by atoms with Crippen LogP contribution in [0.15, 0.2) is 12.3 Å². The Morgan fingerprint density at radius 3 is 2.94 bits per heavy atom. The van der Waals surface area contributed by atoms with Crippen LogP contribution in [-0.4, -0.2) is 29.1 Å². The highest BCUT2D eigenvalue weighted by molar-refractivity contribution is 5.70. The van der Waals surface area contributed by atoms with Crippen LogP contribution in [0.3, 0.4) is 0 Å². The number of rotatable bonds is 6. The van der Waals surface area contributed by atoms with Gasteiger partial charge in [-0.2, -0.15) is 0 Å². The van der Waals surface area contributed by atoms with Crippen LogP contribution >= 0.6 is 0 Å². The zero-order valence-corrected chi connectivity index (χ0v) is 10.6. The van der Waals surface area contributed by atoms with Gasteiger partial charge < -0.3 is 10.1 Å². The first-order valence-electron chi connectivity index (χ1n) is 5.78. The molecule has 0 aromatic carbocycles. The molecule has 0 amide bonds. The van der Waals surface area contributed by atoms with Crippen LogP contribution in [0.2, 0.25) is 0 Å². The molecule has 1 unspecified atom stereocenters. The first kappa shape index (κ1) is 13.4. The van der Waals surface area contributed by atoms with Crippen molar-refractivity contribution in [3.63, 3.8) is 0 Å². The molecule has 1 atom stereocenters. The lowest BCUT2D eigenvalue weighted by Gasteiger charge is -2.16. The molecule has 0 bridgehead atoms. The zero-order chi connectivity index (χ0) is 12.7. The summed E-state index contributed by atoms with van der Waals surface area (Å²) in [6, 6.07) is 1.86. The van der Waals surface area contributed by atoms with Gasteiger partial charge in [-0.25, -0.2) is 9.97 Å². The molecule has 1 aromatic rings. The SMILES string of the molecule is CCCC(CC(=O)OC)Nc1nccc(C)n1. The first-order chi connectivity index (χ1) is 8.15. The molecule has 1 aromatic heterocycles. The predicted molar refractivity (Wildman–Crippen MR) is 65.7 cm³/mol. The van der Waals surface area contributed by atoms with Gasteiger partial charge in [-0.1, -0.05) is 13.3 Å². The van der Waals surface area contributed by atoms with Gasteiger partial charge in [0.25, 0.3) is 0 Å². The zero-order valence-electron chi connectivity index (χ0n) is 10.6. The number of aryl methyl sites for hydroxylation is 1. The second-order valence-electron chi connectivity index (χ2n) is 3.93. The summed E-state index contributed by atoms with van der Waals surface area (Å²) < 4.78 is 4.67. The Morgan fingerprint density at radius 1 is 1.59 bits per heavy atom. The summed E-state index contributed by atoms with van der Waals surface area (Å²) in [6.45, 7) is 3.98. The molecule has 0 radical (unpaired) electrons. The van der Waals surface area contributed by atoms with Gasteiger partial charge in [-0.05, 0) is 19.4 Å². The number of ether oxygens (including phenoxy) is 1. The van der Waals surface area contributed by atoms with Gasteiger partial charge in [0, 0.05) is 17.9 Å². The molecule has 0 saturated carbocycles. The number of carbonyl (C=O) groups excluding carboxylic acids is 1. The van der Waals surface area contributed by atoms with Gasteiger partial charge in [0.1, 0.15) is 0 Å². The minimum atomic E-state index is -0.219. The molecule has 1 rings (SSSR count). The topological polar surface area (TPSA) is 64.1 Å².